The number of nitrogens with two attached hydrogens (primary N) is 1. The summed E-state index contributed by atoms with van der Waals surface area (Å²) in [4.78, 5) is 12.2. The lowest BCUT2D eigenvalue weighted by molar-refractivity contribution is -0.132. The van der Waals surface area contributed by atoms with Crippen LogP contribution >= 0.6 is 0 Å². The molecule has 0 spiro atoms. The summed E-state index contributed by atoms with van der Waals surface area (Å²) in [7, 11) is 0. The fraction of sp³-hybridized carbons (Fsp3) is 0.923. The third-order valence-electron chi connectivity index (χ3n) is 4.17. The van der Waals surface area contributed by atoms with Crippen LogP contribution in [0.5, 0.6) is 0 Å². The summed E-state index contributed by atoms with van der Waals surface area (Å²) in [5.41, 5.74) is 5.44. The predicted molar refractivity (Wildman–Crippen MR) is 67.1 cm³/mol. The highest BCUT2D eigenvalue weighted by atomic mass is 16.2. The van der Waals surface area contributed by atoms with Gasteiger partial charge in [0, 0.05) is 12.6 Å². The van der Waals surface area contributed by atoms with Crippen LogP contribution in [0, 0.1) is 5.41 Å². The number of rotatable bonds is 5. The van der Waals surface area contributed by atoms with Gasteiger partial charge in [0.2, 0.25) is 5.91 Å². The molecule has 0 radical (unpaired) electrons. The number of nitrogens with one attached hydrogen (secondary N) is 1. The molecule has 0 saturated heterocycles. The molecule has 0 atom stereocenters. The molecule has 3 heteroatoms. The van der Waals surface area contributed by atoms with E-state index in [-0.39, 0.29) is 11.3 Å². The Bertz CT molecular complexity index is 210. The zero-order valence-corrected chi connectivity index (χ0v) is 10.7. The van der Waals surface area contributed by atoms with Crippen LogP contribution in [0.3, 0.4) is 0 Å². The highest BCUT2D eigenvalue weighted by molar-refractivity contribution is 5.83. The fourth-order valence-corrected chi connectivity index (χ4v) is 2.54. The van der Waals surface area contributed by atoms with Gasteiger partial charge in [-0.3, -0.25) is 4.79 Å². The van der Waals surface area contributed by atoms with Gasteiger partial charge < -0.3 is 11.1 Å². The summed E-state index contributed by atoms with van der Waals surface area (Å²) < 4.78 is 0. The maximum Gasteiger partial charge on any atom is 0.227 e. The molecule has 94 valence electrons. The third-order valence-corrected chi connectivity index (χ3v) is 4.17. The predicted octanol–water partition coefficient (Wildman–Crippen LogP) is 2.20. The van der Waals surface area contributed by atoms with Crippen LogP contribution in [0.4, 0.5) is 0 Å². The standard InChI is InChI=1S/C13H26N2O/c1-3-13(4-2,10-14)12(16)15-11-8-6-5-7-9-11/h11H,3-10,14H2,1-2H3,(H,15,16). The highest BCUT2D eigenvalue weighted by Gasteiger charge is 2.34. The first-order valence-electron chi connectivity index (χ1n) is 6.69. The molecule has 0 aromatic rings. The minimum Gasteiger partial charge on any atom is -0.353 e. The van der Waals surface area contributed by atoms with Crippen molar-refractivity contribution in [2.75, 3.05) is 6.54 Å². The minimum atomic E-state index is -0.336. The van der Waals surface area contributed by atoms with Crippen molar-refractivity contribution in [3.05, 3.63) is 0 Å². The topological polar surface area (TPSA) is 55.1 Å². The lowest BCUT2D eigenvalue weighted by atomic mass is 9.81. The summed E-state index contributed by atoms with van der Waals surface area (Å²) in [6.07, 6.45) is 7.75. The van der Waals surface area contributed by atoms with Crippen molar-refractivity contribution in [1.82, 2.24) is 5.32 Å². The van der Waals surface area contributed by atoms with E-state index in [1.807, 2.05) is 0 Å². The van der Waals surface area contributed by atoms with E-state index in [9.17, 15) is 4.79 Å². The Morgan fingerprint density at radius 3 is 2.25 bits per heavy atom. The minimum absolute atomic E-state index is 0.173. The molecule has 3 nitrogen and oxygen atoms in total. The zero-order valence-electron chi connectivity index (χ0n) is 10.7. The Labute approximate surface area is 99.2 Å². The van der Waals surface area contributed by atoms with Crippen LogP contribution in [0.25, 0.3) is 0 Å². The average Bonchev–Trinajstić information content (AvgIpc) is 2.33. The molecule has 0 heterocycles. The van der Waals surface area contributed by atoms with E-state index >= 15 is 0 Å². The Morgan fingerprint density at radius 1 is 1.25 bits per heavy atom. The van der Waals surface area contributed by atoms with E-state index < -0.39 is 0 Å². The zero-order chi connectivity index (χ0) is 12.0. The molecular weight excluding hydrogens is 200 g/mol. The van der Waals surface area contributed by atoms with Crippen LogP contribution in [0.1, 0.15) is 58.8 Å². The van der Waals surface area contributed by atoms with Crippen molar-refractivity contribution < 1.29 is 4.79 Å². The van der Waals surface area contributed by atoms with Gasteiger partial charge in [-0.1, -0.05) is 33.1 Å². The first-order chi connectivity index (χ1) is 7.68. The summed E-state index contributed by atoms with van der Waals surface area (Å²) in [5.74, 6) is 0.173. The molecule has 0 aromatic carbocycles. The average molecular weight is 226 g/mol. The van der Waals surface area contributed by atoms with Gasteiger partial charge in [-0.15, -0.1) is 0 Å². The lowest BCUT2D eigenvalue weighted by Crippen LogP contribution is -2.49. The fourth-order valence-electron chi connectivity index (χ4n) is 2.54. The first-order valence-corrected chi connectivity index (χ1v) is 6.69. The Hall–Kier alpha value is -0.570. The molecule has 16 heavy (non-hydrogen) atoms. The van der Waals surface area contributed by atoms with Crippen LogP contribution < -0.4 is 11.1 Å². The Balaban J connectivity index is 2.54. The third kappa shape index (κ3) is 2.97. The van der Waals surface area contributed by atoms with Crippen molar-refractivity contribution in [2.45, 2.75) is 64.8 Å². The van der Waals surface area contributed by atoms with Gasteiger partial charge in [-0.2, -0.15) is 0 Å². The van der Waals surface area contributed by atoms with Crippen LogP contribution in [0.2, 0.25) is 0 Å². The molecule has 1 fully saturated rings. The monoisotopic (exact) mass is 226 g/mol. The van der Waals surface area contributed by atoms with E-state index in [4.69, 9.17) is 5.73 Å². The van der Waals surface area contributed by atoms with E-state index in [2.05, 4.69) is 19.2 Å². The molecule has 3 N–H and O–H groups in total. The molecule has 0 aliphatic heterocycles. The summed E-state index contributed by atoms with van der Waals surface area (Å²) in [5, 5.41) is 3.19. The number of carbonyl (C=O) groups is 1. The van der Waals surface area contributed by atoms with Gasteiger partial charge >= 0.3 is 0 Å². The number of amides is 1. The summed E-state index contributed by atoms with van der Waals surface area (Å²) in [6, 6.07) is 0.394. The second kappa shape index (κ2) is 6.24. The smallest absolute Gasteiger partial charge is 0.227 e. The SMILES string of the molecule is CCC(CC)(CN)C(=O)NC1CCCCC1. The van der Waals surface area contributed by atoms with Crippen molar-refractivity contribution in [3.8, 4) is 0 Å². The second-order valence-corrected chi connectivity index (χ2v) is 5.00. The van der Waals surface area contributed by atoms with Crippen molar-refractivity contribution >= 4 is 5.91 Å². The summed E-state index contributed by atoms with van der Waals surface area (Å²) >= 11 is 0. The van der Waals surface area contributed by atoms with E-state index in [0.717, 1.165) is 25.7 Å². The van der Waals surface area contributed by atoms with Gasteiger partial charge in [0.1, 0.15) is 0 Å². The number of carbonyl (C=O) groups excluding carboxylic acids is 1. The van der Waals surface area contributed by atoms with Gasteiger partial charge in [0.25, 0.3) is 0 Å². The van der Waals surface area contributed by atoms with Crippen LogP contribution in [-0.4, -0.2) is 18.5 Å². The van der Waals surface area contributed by atoms with E-state index in [1.165, 1.54) is 19.3 Å². The second-order valence-electron chi connectivity index (χ2n) is 5.00. The van der Waals surface area contributed by atoms with Crippen molar-refractivity contribution in [1.29, 1.82) is 0 Å². The lowest BCUT2D eigenvalue weighted by Gasteiger charge is -2.32. The van der Waals surface area contributed by atoms with Crippen LogP contribution in [-0.2, 0) is 4.79 Å². The normalized spacial score (nSPS) is 18.4. The maximum atomic E-state index is 12.2. The summed E-state index contributed by atoms with van der Waals surface area (Å²) in [6.45, 7) is 4.56. The van der Waals surface area contributed by atoms with Gasteiger partial charge in [0.15, 0.2) is 0 Å². The molecule has 1 aliphatic rings. The molecule has 1 rings (SSSR count). The van der Waals surface area contributed by atoms with Crippen molar-refractivity contribution in [3.63, 3.8) is 0 Å². The Morgan fingerprint density at radius 2 is 1.81 bits per heavy atom. The van der Waals surface area contributed by atoms with Gasteiger partial charge in [-0.25, -0.2) is 0 Å². The molecule has 1 aliphatic carbocycles. The molecule has 0 aromatic heterocycles. The highest BCUT2D eigenvalue weighted by Crippen LogP contribution is 2.26. The molecule has 0 unspecified atom stereocenters. The molecule has 1 saturated carbocycles. The maximum absolute atomic E-state index is 12.2. The van der Waals surface area contributed by atoms with E-state index in [0.29, 0.717) is 12.6 Å². The largest absolute Gasteiger partial charge is 0.353 e. The molecule has 0 bridgehead atoms. The molecular formula is C13H26N2O. The molecule has 1 amide bonds. The van der Waals surface area contributed by atoms with E-state index in [1.54, 1.807) is 0 Å². The van der Waals surface area contributed by atoms with Gasteiger partial charge in [-0.05, 0) is 25.7 Å². The van der Waals surface area contributed by atoms with Crippen LogP contribution in [0.15, 0.2) is 0 Å². The quantitative estimate of drug-likeness (QED) is 0.755. The number of hydrogen-bond donors (Lipinski definition) is 2. The Kier molecular flexibility index (Phi) is 5.26. The van der Waals surface area contributed by atoms with Crippen molar-refractivity contribution in [2.24, 2.45) is 11.1 Å². The first kappa shape index (κ1) is 13.5. The number of hydrogen-bond acceptors (Lipinski definition) is 2. The van der Waals surface area contributed by atoms with Gasteiger partial charge in [0.05, 0.1) is 5.41 Å².